The lowest BCUT2D eigenvalue weighted by Crippen LogP contribution is -2.38. The minimum absolute atomic E-state index is 0.516. The summed E-state index contributed by atoms with van der Waals surface area (Å²) < 4.78 is 6.76. The van der Waals surface area contributed by atoms with E-state index in [9.17, 15) is 9.90 Å². The molecule has 0 atom stereocenters. The van der Waals surface area contributed by atoms with Crippen molar-refractivity contribution >= 4 is 5.97 Å². The Hall–Kier alpha value is -1.50. The predicted octanol–water partition coefficient (Wildman–Crippen LogP) is -0.0554. The molecule has 1 aromatic heterocycles. The third-order valence-electron chi connectivity index (χ3n) is 3.11. The molecule has 0 amide bonds. The SMILES string of the molecule is O=C(O)C1(CCn2cnnn2)CCOCC1. The van der Waals surface area contributed by atoms with Gasteiger partial charge in [0.15, 0.2) is 0 Å². The molecule has 7 nitrogen and oxygen atoms in total. The van der Waals surface area contributed by atoms with E-state index in [1.54, 1.807) is 4.68 Å². The Morgan fingerprint density at radius 1 is 1.50 bits per heavy atom. The minimum atomic E-state index is -0.746. The summed E-state index contributed by atoms with van der Waals surface area (Å²) in [5, 5.41) is 20.1. The molecule has 0 aromatic carbocycles. The van der Waals surface area contributed by atoms with Gasteiger partial charge in [0.2, 0.25) is 0 Å². The number of carboxylic acid groups (broad SMARTS) is 1. The number of ether oxygens (including phenoxy) is 1. The highest BCUT2D eigenvalue weighted by molar-refractivity contribution is 5.74. The second-order valence-corrected chi connectivity index (χ2v) is 4.02. The van der Waals surface area contributed by atoms with Crippen molar-refractivity contribution < 1.29 is 14.6 Å². The van der Waals surface area contributed by atoms with Crippen LogP contribution in [0.1, 0.15) is 19.3 Å². The van der Waals surface area contributed by atoms with Gasteiger partial charge >= 0.3 is 5.97 Å². The molecule has 1 aromatic rings. The molecule has 0 saturated carbocycles. The van der Waals surface area contributed by atoms with Crippen LogP contribution in [0.4, 0.5) is 0 Å². The molecular formula is C9H14N4O3. The standard InChI is InChI=1S/C9H14N4O3/c14-8(15)9(2-5-16-6-3-9)1-4-13-7-10-11-12-13/h7H,1-6H2,(H,14,15). The summed E-state index contributed by atoms with van der Waals surface area (Å²) in [4.78, 5) is 11.3. The molecule has 0 unspecified atom stereocenters. The van der Waals surface area contributed by atoms with Gasteiger partial charge in [0.05, 0.1) is 5.41 Å². The Bertz CT molecular complexity index is 346. The molecule has 0 aliphatic carbocycles. The van der Waals surface area contributed by atoms with Crippen molar-refractivity contribution in [3.63, 3.8) is 0 Å². The Morgan fingerprint density at radius 3 is 2.81 bits per heavy atom. The van der Waals surface area contributed by atoms with Crippen LogP contribution in [0.25, 0.3) is 0 Å². The van der Waals surface area contributed by atoms with Gasteiger partial charge < -0.3 is 9.84 Å². The lowest BCUT2D eigenvalue weighted by molar-refractivity contribution is -0.155. The number of aromatic nitrogens is 4. The zero-order chi connectivity index (χ0) is 11.4. The summed E-state index contributed by atoms with van der Waals surface area (Å²) in [6.07, 6.45) is 3.15. The van der Waals surface area contributed by atoms with Gasteiger partial charge in [-0.05, 0) is 29.7 Å². The molecule has 1 aliphatic rings. The van der Waals surface area contributed by atoms with E-state index in [0.29, 0.717) is 39.0 Å². The topological polar surface area (TPSA) is 90.1 Å². The molecule has 0 radical (unpaired) electrons. The molecule has 1 aliphatic heterocycles. The van der Waals surface area contributed by atoms with Gasteiger partial charge in [-0.25, -0.2) is 4.68 Å². The fourth-order valence-electron chi connectivity index (χ4n) is 1.94. The number of nitrogens with zero attached hydrogens (tertiary/aromatic N) is 4. The van der Waals surface area contributed by atoms with Crippen molar-refractivity contribution in [2.75, 3.05) is 13.2 Å². The van der Waals surface area contributed by atoms with E-state index in [2.05, 4.69) is 15.5 Å². The summed E-state index contributed by atoms with van der Waals surface area (Å²) in [6.45, 7) is 1.56. The van der Waals surface area contributed by atoms with Crippen molar-refractivity contribution in [2.24, 2.45) is 5.41 Å². The van der Waals surface area contributed by atoms with Gasteiger partial charge in [-0.15, -0.1) is 5.10 Å². The highest BCUT2D eigenvalue weighted by Gasteiger charge is 2.39. The zero-order valence-electron chi connectivity index (χ0n) is 8.87. The number of hydrogen-bond acceptors (Lipinski definition) is 5. The van der Waals surface area contributed by atoms with Gasteiger partial charge in [0.25, 0.3) is 0 Å². The van der Waals surface area contributed by atoms with Crippen molar-refractivity contribution in [1.29, 1.82) is 0 Å². The summed E-state index contributed by atoms with van der Waals surface area (Å²) in [7, 11) is 0. The number of rotatable bonds is 4. The quantitative estimate of drug-likeness (QED) is 0.773. The average Bonchev–Trinajstić information content (AvgIpc) is 2.80. The van der Waals surface area contributed by atoms with Crippen LogP contribution in [0.3, 0.4) is 0 Å². The van der Waals surface area contributed by atoms with Gasteiger partial charge in [-0.3, -0.25) is 4.79 Å². The monoisotopic (exact) mass is 226 g/mol. The first-order valence-corrected chi connectivity index (χ1v) is 5.25. The van der Waals surface area contributed by atoms with Crippen molar-refractivity contribution in [3.8, 4) is 0 Å². The van der Waals surface area contributed by atoms with E-state index in [4.69, 9.17) is 4.74 Å². The number of carbonyl (C=O) groups is 1. The maximum Gasteiger partial charge on any atom is 0.309 e. The van der Waals surface area contributed by atoms with Gasteiger partial charge in [-0.1, -0.05) is 0 Å². The van der Waals surface area contributed by atoms with Crippen LogP contribution >= 0.6 is 0 Å². The van der Waals surface area contributed by atoms with Crippen LogP contribution in [0, 0.1) is 5.41 Å². The second-order valence-electron chi connectivity index (χ2n) is 4.02. The first-order valence-electron chi connectivity index (χ1n) is 5.25. The molecule has 16 heavy (non-hydrogen) atoms. The molecule has 2 rings (SSSR count). The highest BCUT2D eigenvalue weighted by Crippen LogP contribution is 2.34. The molecule has 1 fully saturated rings. The number of tetrazole rings is 1. The first-order chi connectivity index (χ1) is 7.73. The molecule has 1 N–H and O–H groups in total. The van der Waals surface area contributed by atoms with E-state index in [1.807, 2.05) is 0 Å². The van der Waals surface area contributed by atoms with Crippen molar-refractivity contribution in [3.05, 3.63) is 6.33 Å². The maximum absolute atomic E-state index is 11.3. The molecule has 0 bridgehead atoms. The van der Waals surface area contributed by atoms with E-state index >= 15 is 0 Å². The fraction of sp³-hybridized carbons (Fsp3) is 0.778. The Morgan fingerprint density at radius 2 is 2.25 bits per heavy atom. The number of hydrogen-bond donors (Lipinski definition) is 1. The smallest absolute Gasteiger partial charge is 0.309 e. The molecule has 7 heteroatoms. The summed E-state index contributed by atoms with van der Waals surface area (Å²) in [6, 6.07) is 0. The lowest BCUT2D eigenvalue weighted by atomic mass is 9.77. The summed E-state index contributed by atoms with van der Waals surface area (Å²) in [5.74, 6) is -0.746. The minimum Gasteiger partial charge on any atom is -0.481 e. The third kappa shape index (κ3) is 2.19. The van der Waals surface area contributed by atoms with Crippen LogP contribution in [0.15, 0.2) is 6.33 Å². The Kier molecular flexibility index (Phi) is 3.14. The number of aliphatic carboxylic acids is 1. The van der Waals surface area contributed by atoms with Crippen LogP contribution in [0.2, 0.25) is 0 Å². The first kappa shape index (κ1) is 11.0. The molecule has 0 spiro atoms. The molecule has 88 valence electrons. The van der Waals surface area contributed by atoms with Crippen LogP contribution in [-0.2, 0) is 16.1 Å². The number of aryl methyl sites for hydroxylation is 1. The highest BCUT2D eigenvalue weighted by atomic mass is 16.5. The third-order valence-corrected chi connectivity index (χ3v) is 3.11. The molecule has 2 heterocycles. The second kappa shape index (κ2) is 4.56. The van der Waals surface area contributed by atoms with E-state index in [1.165, 1.54) is 6.33 Å². The summed E-state index contributed by atoms with van der Waals surface area (Å²) >= 11 is 0. The number of carboxylic acids is 1. The summed E-state index contributed by atoms with van der Waals surface area (Å²) in [5.41, 5.74) is -0.676. The maximum atomic E-state index is 11.3. The van der Waals surface area contributed by atoms with Crippen LogP contribution in [0.5, 0.6) is 0 Å². The van der Waals surface area contributed by atoms with Gasteiger partial charge in [0, 0.05) is 19.8 Å². The Labute approximate surface area is 92.4 Å². The van der Waals surface area contributed by atoms with Crippen molar-refractivity contribution in [2.45, 2.75) is 25.8 Å². The Balaban J connectivity index is 2.00. The van der Waals surface area contributed by atoms with E-state index < -0.39 is 11.4 Å². The molecule has 1 saturated heterocycles. The molecular weight excluding hydrogens is 212 g/mol. The lowest BCUT2D eigenvalue weighted by Gasteiger charge is -2.32. The average molecular weight is 226 g/mol. The largest absolute Gasteiger partial charge is 0.481 e. The van der Waals surface area contributed by atoms with E-state index in [-0.39, 0.29) is 0 Å². The van der Waals surface area contributed by atoms with Crippen LogP contribution < -0.4 is 0 Å². The zero-order valence-corrected chi connectivity index (χ0v) is 8.87. The van der Waals surface area contributed by atoms with Gasteiger partial charge in [0.1, 0.15) is 6.33 Å². The van der Waals surface area contributed by atoms with E-state index in [0.717, 1.165) is 0 Å². The fourth-order valence-corrected chi connectivity index (χ4v) is 1.94. The van der Waals surface area contributed by atoms with Gasteiger partial charge in [-0.2, -0.15) is 0 Å². The van der Waals surface area contributed by atoms with Crippen LogP contribution in [-0.4, -0.2) is 44.5 Å². The predicted molar refractivity (Wildman–Crippen MR) is 52.6 cm³/mol. The van der Waals surface area contributed by atoms with Crippen molar-refractivity contribution in [1.82, 2.24) is 20.2 Å². The normalized spacial score (nSPS) is 19.5.